The molecule has 2 rings (SSSR count). The van der Waals surface area contributed by atoms with Crippen LogP contribution in [0, 0.1) is 17.2 Å². The fourth-order valence-electron chi connectivity index (χ4n) is 2.44. The lowest BCUT2D eigenvalue weighted by molar-refractivity contribution is -0.143. The molecule has 108 valence electrons. The van der Waals surface area contributed by atoms with E-state index < -0.39 is 17.8 Å². The number of aliphatic imine (C=N–C) groups is 1. The summed E-state index contributed by atoms with van der Waals surface area (Å²) in [5.74, 6) is -1.64. The van der Waals surface area contributed by atoms with Crippen molar-refractivity contribution in [2.45, 2.75) is 12.8 Å². The number of hydrogen-bond acceptors (Lipinski definition) is 5. The molecule has 2 atom stereocenters. The Kier molecular flexibility index (Phi) is 4.61. The molecule has 0 radical (unpaired) electrons. The minimum atomic E-state index is -0.671. The Labute approximate surface area is 133 Å². The van der Waals surface area contributed by atoms with E-state index in [1.54, 1.807) is 25.1 Å². The zero-order chi connectivity index (χ0) is 15.6. The Balaban J connectivity index is 2.63. The van der Waals surface area contributed by atoms with Gasteiger partial charge < -0.3 is 17.4 Å². The van der Waals surface area contributed by atoms with Gasteiger partial charge in [-0.25, -0.2) is 0 Å². The van der Waals surface area contributed by atoms with Crippen LogP contribution in [0.5, 0.6) is 0 Å². The number of nitrogens with zero attached hydrogens (tertiary/aromatic N) is 2. The number of methoxy groups -OCH3 is 1. The highest BCUT2D eigenvalue weighted by atomic mass is 35.5. The summed E-state index contributed by atoms with van der Waals surface area (Å²) in [5.41, 5.74) is 1.56. The first kappa shape index (κ1) is 15.5. The van der Waals surface area contributed by atoms with Crippen molar-refractivity contribution in [1.29, 1.82) is 5.26 Å². The summed E-state index contributed by atoms with van der Waals surface area (Å²) in [7, 11) is 1.31. The number of esters is 1. The molecule has 0 spiro atoms. The van der Waals surface area contributed by atoms with Crippen molar-refractivity contribution >= 4 is 35.9 Å². The highest BCUT2D eigenvalue weighted by Gasteiger charge is 2.38. The Morgan fingerprint density at radius 1 is 1.52 bits per heavy atom. The van der Waals surface area contributed by atoms with Crippen molar-refractivity contribution in [3.63, 3.8) is 0 Å². The predicted molar refractivity (Wildman–Crippen MR) is 82.8 cm³/mol. The number of nitriles is 1. The first-order valence-corrected chi connectivity index (χ1v) is 6.98. The SMILES string of the molecule is COC(=O)C1C(C)=NC([S-])=C(C#N)[C@@H]1c1cccc(Cl)c1. The van der Waals surface area contributed by atoms with Gasteiger partial charge in [-0.2, -0.15) is 5.26 Å². The molecule has 0 saturated carbocycles. The Bertz CT molecular complexity index is 691. The maximum absolute atomic E-state index is 12.1. The Morgan fingerprint density at radius 3 is 2.81 bits per heavy atom. The van der Waals surface area contributed by atoms with Gasteiger partial charge in [0, 0.05) is 22.2 Å². The third kappa shape index (κ3) is 2.92. The van der Waals surface area contributed by atoms with Crippen LogP contribution < -0.4 is 0 Å². The summed E-state index contributed by atoms with van der Waals surface area (Å²) in [6.45, 7) is 1.71. The van der Waals surface area contributed by atoms with Crippen molar-refractivity contribution in [1.82, 2.24) is 0 Å². The lowest BCUT2D eigenvalue weighted by atomic mass is 9.77. The first-order chi connectivity index (χ1) is 9.99. The van der Waals surface area contributed by atoms with Crippen LogP contribution in [0.4, 0.5) is 0 Å². The number of carbonyl (C=O) groups excluding carboxylic acids is 1. The van der Waals surface area contributed by atoms with E-state index in [1.165, 1.54) is 7.11 Å². The van der Waals surface area contributed by atoms with Crippen molar-refractivity contribution in [2.75, 3.05) is 7.11 Å². The molecule has 1 aliphatic rings. The summed E-state index contributed by atoms with van der Waals surface area (Å²) < 4.78 is 4.85. The van der Waals surface area contributed by atoms with E-state index in [1.807, 2.05) is 6.07 Å². The fourth-order valence-corrected chi connectivity index (χ4v) is 2.96. The van der Waals surface area contributed by atoms with Crippen LogP contribution in [0.3, 0.4) is 0 Å². The van der Waals surface area contributed by atoms with Crippen LogP contribution in [-0.4, -0.2) is 18.8 Å². The number of hydrogen-bond donors (Lipinski definition) is 0. The molecule has 1 aromatic rings. The monoisotopic (exact) mass is 319 g/mol. The molecule has 0 amide bonds. The van der Waals surface area contributed by atoms with E-state index in [0.717, 1.165) is 5.56 Å². The van der Waals surface area contributed by atoms with E-state index in [9.17, 15) is 10.1 Å². The zero-order valence-electron chi connectivity index (χ0n) is 11.5. The van der Waals surface area contributed by atoms with Crippen molar-refractivity contribution < 1.29 is 9.53 Å². The second-order valence-corrected chi connectivity index (χ2v) is 5.44. The smallest absolute Gasteiger partial charge is 0.315 e. The van der Waals surface area contributed by atoms with E-state index in [0.29, 0.717) is 10.7 Å². The largest absolute Gasteiger partial charge is 0.759 e. The van der Waals surface area contributed by atoms with Crippen LogP contribution in [-0.2, 0) is 22.2 Å². The van der Waals surface area contributed by atoms with Gasteiger partial charge in [-0.15, -0.1) is 0 Å². The second kappa shape index (κ2) is 6.25. The molecule has 0 N–H and O–H groups in total. The van der Waals surface area contributed by atoms with E-state index >= 15 is 0 Å². The average Bonchev–Trinajstić information content (AvgIpc) is 2.45. The average molecular weight is 320 g/mol. The summed E-state index contributed by atoms with van der Waals surface area (Å²) in [4.78, 5) is 16.3. The molecule has 6 heteroatoms. The van der Waals surface area contributed by atoms with Gasteiger partial charge in [-0.05, 0) is 24.6 Å². The highest BCUT2D eigenvalue weighted by molar-refractivity contribution is 7.63. The number of rotatable bonds is 2. The van der Waals surface area contributed by atoms with Gasteiger partial charge in [-0.3, -0.25) is 9.79 Å². The summed E-state index contributed by atoms with van der Waals surface area (Å²) in [6.07, 6.45) is 0. The lowest BCUT2D eigenvalue weighted by Gasteiger charge is -2.32. The molecule has 0 saturated heterocycles. The Hall–Kier alpha value is -1.90. The second-order valence-electron chi connectivity index (χ2n) is 4.62. The molecule has 0 aromatic heterocycles. The number of benzene rings is 1. The zero-order valence-corrected chi connectivity index (χ0v) is 13.0. The summed E-state index contributed by atoms with van der Waals surface area (Å²) in [5, 5.41) is 10.1. The number of halogens is 1. The molecule has 4 nitrogen and oxygen atoms in total. The standard InChI is InChI=1S/C15H13ClN2O2S/c1-8-12(15(19)20-2)13(11(7-17)14(21)18-8)9-4-3-5-10(16)6-9/h3-6,12-13,21H,1-2H3/p-1/t12?,13-/m0/s1. The highest BCUT2D eigenvalue weighted by Crippen LogP contribution is 2.39. The number of ether oxygens (including phenoxy) is 1. The quantitative estimate of drug-likeness (QED) is 0.621. The van der Waals surface area contributed by atoms with Crippen molar-refractivity contribution in [2.24, 2.45) is 10.9 Å². The molecule has 0 aliphatic carbocycles. The molecule has 1 heterocycles. The van der Waals surface area contributed by atoms with Crippen molar-refractivity contribution in [3.8, 4) is 6.07 Å². The first-order valence-electron chi connectivity index (χ1n) is 6.19. The molecule has 21 heavy (non-hydrogen) atoms. The van der Waals surface area contributed by atoms with Gasteiger partial charge in [-0.1, -0.05) is 28.8 Å². The molecule has 1 unspecified atom stereocenters. The molecular formula is C15H12ClN2O2S-. The minimum Gasteiger partial charge on any atom is -0.759 e. The molecule has 1 aromatic carbocycles. The maximum atomic E-state index is 12.1. The maximum Gasteiger partial charge on any atom is 0.315 e. The predicted octanol–water partition coefficient (Wildman–Crippen LogP) is 2.97. The van der Waals surface area contributed by atoms with E-state index in [2.05, 4.69) is 11.1 Å². The van der Waals surface area contributed by atoms with Crippen LogP contribution in [0.15, 0.2) is 39.9 Å². The van der Waals surface area contributed by atoms with Crippen LogP contribution in [0.2, 0.25) is 5.02 Å². The van der Waals surface area contributed by atoms with Gasteiger partial charge in [0.2, 0.25) is 0 Å². The van der Waals surface area contributed by atoms with E-state index in [4.69, 9.17) is 29.0 Å². The molecule has 0 bridgehead atoms. The summed E-state index contributed by atoms with van der Waals surface area (Å²) >= 11 is 11.2. The van der Waals surface area contributed by atoms with Crippen LogP contribution >= 0.6 is 11.6 Å². The summed E-state index contributed by atoms with van der Waals surface area (Å²) in [6, 6.07) is 9.10. The number of carbonyl (C=O) groups is 1. The third-order valence-electron chi connectivity index (χ3n) is 3.39. The van der Waals surface area contributed by atoms with Crippen molar-refractivity contribution in [3.05, 3.63) is 45.5 Å². The van der Waals surface area contributed by atoms with Gasteiger partial charge in [0.05, 0.1) is 13.2 Å². The molecule has 0 fully saturated rings. The van der Waals surface area contributed by atoms with Gasteiger partial charge in [0.25, 0.3) is 0 Å². The lowest BCUT2D eigenvalue weighted by Crippen LogP contribution is -2.33. The fraction of sp³-hybridized carbons (Fsp3) is 0.267. The van der Waals surface area contributed by atoms with Gasteiger partial charge in [0.15, 0.2) is 0 Å². The van der Waals surface area contributed by atoms with Crippen LogP contribution in [0.25, 0.3) is 0 Å². The topological polar surface area (TPSA) is 62.4 Å². The van der Waals surface area contributed by atoms with Gasteiger partial charge in [0.1, 0.15) is 5.92 Å². The molecular weight excluding hydrogens is 308 g/mol. The van der Waals surface area contributed by atoms with E-state index in [-0.39, 0.29) is 10.6 Å². The normalized spacial score (nSPS) is 21.5. The number of allylic oxidation sites excluding steroid dienone is 1. The third-order valence-corrected chi connectivity index (χ3v) is 3.93. The Morgan fingerprint density at radius 2 is 2.24 bits per heavy atom. The molecule has 1 aliphatic heterocycles. The van der Waals surface area contributed by atoms with Crippen LogP contribution in [0.1, 0.15) is 18.4 Å². The van der Waals surface area contributed by atoms with Gasteiger partial charge >= 0.3 is 5.97 Å². The minimum absolute atomic E-state index is 0.208.